The fourth-order valence-electron chi connectivity index (χ4n) is 2.98. The minimum Gasteiger partial charge on any atom is -0.397 e. The van der Waals surface area contributed by atoms with Crippen LogP contribution in [0.5, 0.6) is 0 Å². The summed E-state index contributed by atoms with van der Waals surface area (Å²) in [7, 11) is 2.20. The maximum atomic E-state index is 6.05. The molecule has 2 bridgehead atoms. The van der Waals surface area contributed by atoms with Crippen molar-refractivity contribution in [3.63, 3.8) is 0 Å². The Morgan fingerprint density at radius 1 is 1.19 bits per heavy atom. The summed E-state index contributed by atoms with van der Waals surface area (Å²) in [4.78, 5) is 4.85. The third kappa shape index (κ3) is 1.26. The highest BCUT2D eigenvalue weighted by molar-refractivity contribution is 5.80. The maximum absolute atomic E-state index is 6.05. The van der Waals surface area contributed by atoms with Crippen LogP contribution in [-0.4, -0.2) is 37.1 Å². The number of para-hydroxylation sites is 1. The molecule has 0 spiro atoms. The summed E-state index contributed by atoms with van der Waals surface area (Å²) >= 11 is 0. The Bertz CT molecular complexity index is 415. The molecule has 0 aliphatic carbocycles. The maximum Gasteiger partial charge on any atom is 0.0785 e. The summed E-state index contributed by atoms with van der Waals surface area (Å²) in [6, 6.07) is 7.22. The van der Waals surface area contributed by atoms with Gasteiger partial charge in [0.25, 0.3) is 0 Å². The molecular formula is C12H18N4. The summed E-state index contributed by atoms with van der Waals surface area (Å²) in [5.41, 5.74) is 14.4. The van der Waals surface area contributed by atoms with Crippen molar-refractivity contribution in [2.24, 2.45) is 0 Å². The van der Waals surface area contributed by atoms with Crippen LogP contribution >= 0.6 is 0 Å². The number of rotatable bonds is 1. The van der Waals surface area contributed by atoms with Gasteiger partial charge in [-0.05, 0) is 25.6 Å². The molecule has 1 aromatic carbocycles. The first-order chi connectivity index (χ1) is 7.66. The molecule has 2 atom stereocenters. The first-order valence-electron chi connectivity index (χ1n) is 5.77. The van der Waals surface area contributed by atoms with Crippen molar-refractivity contribution in [2.45, 2.75) is 18.5 Å². The monoisotopic (exact) mass is 218 g/mol. The second-order valence-electron chi connectivity index (χ2n) is 4.92. The van der Waals surface area contributed by atoms with Gasteiger partial charge in [0.05, 0.1) is 17.1 Å². The van der Waals surface area contributed by atoms with Crippen molar-refractivity contribution in [1.29, 1.82) is 0 Å². The van der Waals surface area contributed by atoms with Crippen LogP contribution in [0.2, 0.25) is 0 Å². The van der Waals surface area contributed by atoms with Gasteiger partial charge in [-0.25, -0.2) is 0 Å². The van der Waals surface area contributed by atoms with Crippen LogP contribution in [0.3, 0.4) is 0 Å². The van der Waals surface area contributed by atoms with E-state index in [0.29, 0.717) is 17.8 Å². The average molecular weight is 218 g/mol. The van der Waals surface area contributed by atoms with Gasteiger partial charge in [0.2, 0.25) is 0 Å². The lowest BCUT2D eigenvalue weighted by molar-refractivity contribution is 0.293. The van der Waals surface area contributed by atoms with Gasteiger partial charge in [-0.1, -0.05) is 6.07 Å². The number of anilines is 3. The van der Waals surface area contributed by atoms with E-state index in [0.717, 1.165) is 24.5 Å². The van der Waals surface area contributed by atoms with E-state index in [-0.39, 0.29) is 0 Å². The first kappa shape index (κ1) is 9.78. The molecule has 4 heteroatoms. The van der Waals surface area contributed by atoms with Crippen LogP contribution in [-0.2, 0) is 0 Å². The second kappa shape index (κ2) is 3.28. The molecular weight excluding hydrogens is 200 g/mol. The normalized spacial score (nSPS) is 28.9. The molecule has 2 heterocycles. The van der Waals surface area contributed by atoms with E-state index >= 15 is 0 Å². The zero-order valence-corrected chi connectivity index (χ0v) is 9.56. The van der Waals surface area contributed by atoms with Crippen molar-refractivity contribution < 1.29 is 0 Å². The van der Waals surface area contributed by atoms with Crippen LogP contribution in [0.1, 0.15) is 6.42 Å². The SMILES string of the molecule is CN1C[C@H]2C[C@@H]1CN2c1cccc(N)c1N. The van der Waals surface area contributed by atoms with Crippen molar-refractivity contribution in [1.82, 2.24) is 4.90 Å². The zero-order valence-electron chi connectivity index (χ0n) is 9.56. The lowest BCUT2D eigenvalue weighted by atomic mass is 10.2. The standard InChI is InChI=1S/C12H18N4/c1-15-6-9-5-8(15)7-16(9)11-4-2-3-10(13)12(11)14/h2-4,8-9H,5-7,13-14H2,1H3/t8-,9-/m1/s1. The molecule has 2 aliphatic heterocycles. The van der Waals surface area contributed by atoms with Crippen LogP contribution in [0.4, 0.5) is 17.1 Å². The minimum atomic E-state index is 0.610. The van der Waals surface area contributed by atoms with E-state index < -0.39 is 0 Å². The molecule has 0 unspecified atom stereocenters. The van der Waals surface area contributed by atoms with Gasteiger partial charge < -0.3 is 16.4 Å². The summed E-state index contributed by atoms with van der Waals surface area (Å²) in [6.45, 7) is 2.22. The van der Waals surface area contributed by atoms with Crippen LogP contribution in [0.25, 0.3) is 0 Å². The van der Waals surface area contributed by atoms with Gasteiger partial charge in [0.1, 0.15) is 0 Å². The topological polar surface area (TPSA) is 58.5 Å². The summed E-state index contributed by atoms with van der Waals surface area (Å²) < 4.78 is 0. The van der Waals surface area contributed by atoms with Crippen LogP contribution in [0, 0.1) is 0 Å². The molecule has 2 fully saturated rings. The Hall–Kier alpha value is -1.42. The molecule has 0 amide bonds. The molecule has 2 aliphatic rings. The Balaban J connectivity index is 1.92. The summed E-state index contributed by atoms with van der Waals surface area (Å²) in [5.74, 6) is 0. The number of piperazine rings is 1. The van der Waals surface area contributed by atoms with Crippen molar-refractivity contribution in [3.8, 4) is 0 Å². The van der Waals surface area contributed by atoms with E-state index in [1.807, 2.05) is 12.1 Å². The highest BCUT2D eigenvalue weighted by Gasteiger charge is 2.41. The molecule has 0 saturated carbocycles. The highest BCUT2D eigenvalue weighted by Crippen LogP contribution is 2.37. The number of nitrogens with two attached hydrogens (primary N) is 2. The molecule has 3 rings (SSSR count). The van der Waals surface area contributed by atoms with Crippen LogP contribution in [0.15, 0.2) is 18.2 Å². The number of benzene rings is 1. The number of likely N-dealkylation sites (tertiary alicyclic amines) is 1. The van der Waals surface area contributed by atoms with Crippen LogP contribution < -0.4 is 16.4 Å². The second-order valence-corrected chi connectivity index (χ2v) is 4.92. The average Bonchev–Trinajstić information content (AvgIpc) is 2.80. The number of fused-ring (bicyclic) bond motifs is 2. The Morgan fingerprint density at radius 3 is 2.62 bits per heavy atom. The number of likely N-dealkylation sites (N-methyl/N-ethyl adjacent to an activating group) is 1. The van der Waals surface area contributed by atoms with Gasteiger partial charge >= 0.3 is 0 Å². The third-order valence-electron chi connectivity index (χ3n) is 3.94. The molecule has 4 N–H and O–H groups in total. The van der Waals surface area contributed by atoms with E-state index in [1.165, 1.54) is 6.42 Å². The number of nitrogen functional groups attached to an aromatic ring is 2. The smallest absolute Gasteiger partial charge is 0.0785 e. The molecule has 86 valence electrons. The molecule has 0 aromatic heterocycles. The van der Waals surface area contributed by atoms with E-state index in [9.17, 15) is 0 Å². The number of hydrogen-bond acceptors (Lipinski definition) is 4. The fraction of sp³-hybridized carbons (Fsp3) is 0.500. The number of nitrogens with zero attached hydrogens (tertiary/aromatic N) is 2. The predicted octanol–water partition coefficient (Wildman–Crippen LogP) is 0.744. The minimum absolute atomic E-state index is 0.610. The molecule has 2 saturated heterocycles. The molecule has 16 heavy (non-hydrogen) atoms. The van der Waals surface area contributed by atoms with Gasteiger partial charge in [-0.2, -0.15) is 0 Å². The van der Waals surface area contributed by atoms with Gasteiger partial charge in [-0.15, -0.1) is 0 Å². The van der Waals surface area contributed by atoms with E-state index in [2.05, 4.69) is 22.9 Å². The van der Waals surface area contributed by atoms with Crippen molar-refractivity contribution >= 4 is 17.1 Å². The van der Waals surface area contributed by atoms with E-state index in [4.69, 9.17) is 11.5 Å². The lowest BCUT2D eigenvalue weighted by Gasteiger charge is -2.34. The Morgan fingerprint density at radius 2 is 2.00 bits per heavy atom. The van der Waals surface area contributed by atoms with Gasteiger partial charge in [0.15, 0.2) is 0 Å². The Labute approximate surface area is 95.8 Å². The first-order valence-corrected chi connectivity index (χ1v) is 5.77. The van der Waals surface area contributed by atoms with Crippen molar-refractivity contribution in [3.05, 3.63) is 18.2 Å². The third-order valence-corrected chi connectivity index (χ3v) is 3.94. The largest absolute Gasteiger partial charge is 0.397 e. The molecule has 0 radical (unpaired) electrons. The molecule has 4 nitrogen and oxygen atoms in total. The zero-order chi connectivity index (χ0) is 11.3. The number of hydrogen-bond donors (Lipinski definition) is 2. The highest BCUT2D eigenvalue weighted by atomic mass is 15.3. The fourth-order valence-corrected chi connectivity index (χ4v) is 2.98. The molecule has 1 aromatic rings. The summed E-state index contributed by atoms with van der Waals surface area (Å²) in [6.07, 6.45) is 1.25. The lowest BCUT2D eigenvalue weighted by Crippen LogP contribution is -2.44. The summed E-state index contributed by atoms with van der Waals surface area (Å²) in [5, 5.41) is 0. The Kier molecular flexibility index (Phi) is 2.01. The van der Waals surface area contributed by atoms with Crippen molar-refractivity contribution in [2.75, 3.05) is 36.5 Å². The van der Waals surface area contributed by atoms with Gasteiger partial charge in [0, 0.05) is 25.2 Å². The van der Waals surface area contributed by atoms with E-state index in [1.54, 1.807) is 0 Å². The predicted molar refractivity (Wildman–Crippen MR) is 67.4 cm³/mol. The van der Waals surface area contributed by atoms with Gasteiger partial charge in [-0.3, -0.25) is 4.90 Å². The quantitative estimate of drug-likeness (QED) is 0.683.